The van der Waals surface area contributed by atoms with Gasteiger partial charge in [0.05, 0.1) is 24.0 Å². The SMILES string of the molecule is CCCOc1ccc(C(Cl)c2cc(Br)sc2Br)cc1Br. The average molecular weight is 503 g/mol. The van der Waals surface area contributed by atoms with Crippen molar-refractivity contribution in [2.45, 2.75) is 18.7 Å². The van der Waals surface area contributed by atoms with Crippen LogP contribution in [0.25, 0.3) is 0 Å². The normalized spacial score (nSPS) is 12.4. The maximum atomic E-state index is 6.57. The third-order valence-corrected chi connectivity index (χ3v) is 6.16. The predicted octanol–water partition coefficient (Wildman–Crippen LogP) is 7.15. The number of halogens is 4. The zero-order chi connectivity index (χ0) is 14.7. The lowest BCUT2D eigenvalue weighted by Gasteiger charge is -2.12. The molecule has 0 N–H and O–H groups in total. The highest BCUT2D eigenvalue weighted by Gasteiger charge is 2.18. The Morgan fingerprint density at radius 3 is 2.55 bits per heavy atom. The zero-order valence-corrected chi connectivity index (χ0v) is 17.0. The van der Waals surface area contributed by atoms with Gasteiger partial charge < -0.3 is 4.74 Å². The number of thiophene rings is 1. The summed E-state index contributed by atoms with van der Waals surface area (Å²) in [6.45, 7) is 2.80. The van der Waals surface area contributed by atoms with Gasteiger partial charge in [0.15, 0.2) is 0 Å². The van der Waals surface area contributed by atoms with Crippen LogP contribution in [0.5, 0.6) is 5.75 Å². The number of alkyl halides is 1. The minimum atomic E-state index is -0.191. The Morgan fingerprint density at radius 1 is 1.25 bits per heavy atom. The molecule has 6 heteroatoms. The van der Waals surface area contributed by atoms with E-state index in [0.29, 0.717) is 6.61 Å². The lowest BCUT2D eigenvalue weighted by molar-refractivity contribution is 0.315. The Balaban J connectivity index is 2.25. The summed E-state index contributed by atoms with van der Waals surface area (Å²) in [4.78, 5) is 0. The van der Waals surface area contributed by atoms with Crippen LogP contribution in [0, 0.1) is 0 Å². The molecule has 0 aliphatic rings. The molecular weight excluding hydrogens is 491 g/mol. The summed E-state index contributed by atoms with van der Waals surface area (Å²) in [6.07, 6.45) is 0.988. The van der Waals surface area contributed by atoms with Crippen LogP contribution in [0.15, 0.2) is 36.3 Å². The summed E-state index contributed by atoms with van der Waals surface area (Å²) in [7, 11) is 0. The van der Waals surface area contributed by atoms with Crippen LogP contribution in [0.2, 0.25) is 0 Å². The summed E-state index contributed by atoms with van der Waals surface area (Å²) in [6, 6.07) is 8.02. The molecule has 1 nitrogen and oxygen atoms in total. The highest BCUT2D eigenvalue weighted by molar-refractivity contribution is 9.12. The maximum Gasteiger partial charge on any atom is 0.133 e. The van der Waals surface area contributed by atoms with E-state index in [1.165, 1.54) is 0 Å². The highest BCUT2D eigenvalue weighted by Crippen LogP contribution is 2.42. The van der Waals surface area contributed by atoms with Gasteiger partial charge >= 0.3 is 0 Å². The van der Waals surface area contributed by atoms with Crippen LogP contribution >= 0.6 is 70.7 Å². The molecule has 2 aromatic rings. The van der Waals surface area contributed by atoms with Crippen LogP contribution < -0.4 is 4.74 Å². The van der Waals surface area contributed by atoms with Gasteiger partial charge in [-0.05, 0) is 78.0 Å². The largest absolute Gasteiger partial charge is 0.492 e. The van der Waals surface area contributed by atoms with Gasteiger partial charge in [-0.25, -0.2) is 0 Å². The van der Waals surface area contributed by atoms with Crippen LogP contribution in [0.4, 0.5) is 0 Å². The van der Waals surface area contributed by atoms with Crippen molar-refractivity contribution in [2.75, 3.05) is 6.61 Å². The van der Waals surface area contributed by atoms with Crippen LogP contribution in [-0.2, 0) is 0 Å². The molecule has 1 unspecified atom stereocenters. The number of hydrogen-bond donors (Lipinski definition) is 0. The second-order valence-electron chi connectivity index (χ2n) is 4.18. The van der Waals surface area contributed by atoms with Crippen molar-refractivity contribution in [2.24, 2.45) is 0 Å². The number of hydrogen-bond acceptors (Lipinski definition) is 2. The molecule has 1 heterocycles. The molecule has 0 radical (unpaired) electrons. The first-order valence-electron chi connectivity index (χ1n) is 6.04. The van der Waals surface area contributed by atoms with Gasteiger partial charge in [-0.1, -0.05) is 13.0 Å². The summed E-state index contributed by atoms with van der Waals surface area (Å²) in [5.74, 6) is 0.852. The van der Waals surface area contributed by atoms with Gasteiger partial charge in [0, 0.05) is 5.56 Å². The van der Waals surface area contributed by atoms with E-state index in [4.69, 9.17) is 16.3 Å². The third-order valence-electron chi connectivity index (χ3n) is 2.67. The van der Waals surface area contributed by atoms with Crippen LogP contribution in [-0.4, -0.2) is 6.61 Å². The van der Waals surface area contributed by atoms with Gasteiger partial charge in [-0.3, -0.25) is 0 Å². The fourth-order valence-corrected chi connectivity index (χ4v) is 5.63. The minimum absolute atomic E-state index is 0.191. The molecule has 0 aliphatic carbocycles. The van der Waals surface area contributed by atoms with Crippen molar-refractivity contribution >= 4 is 70.7 Å². The van der Waals surface area contributed by atoms with E-state index >= 15 is 0 Å². The van der Waals surface area contributed by atoms with Crippen LogP contribution in [0.1, 0.15) is 29.8 Å². The number of benzene rings is 1. The topological polar surface area (TPSA) is 9.23 Å². The van der Waals surface area contributed by atoms with E-state index in [1.807, 2.05) is 24.3 Å². The smallest absolute Gasteiger partial charge is 0.133 e. The first kappa shape index (κ1) is 16.8. The first-order valence-corrected chi connectivity index (χ1v) is 9.67. The fraction of sp³-hybridized carbons (Fsp3) is 0.286. The van der Waals surface area contributed by atoms with Crippen molar-refractivity contribution < 1.29 is 4.74 Å². The van der Waals surface area contributed by atoms with E-state index in [1.54, 1.807) is 11.3 Å². The van der Waals surface area contributed by atoms with Crippen molar-refractivity contribution in [1.82, 2.24) is 0 Å². The summed E-state index contributed by atoms with van der Waals surface area (Å²) in [5.41, 5.74) is 2.10. The molecule has 1 aromatic heterocycles. The van der Waals surface area contributed by atoms with Crippen molar-refractivity contribution in [3.05, 3.63) is 47.4 Å². The van der Waals surface area contributed by atoms with E-state index in [2.05, 4.69) is 54.7 Å². The second-order valence-corrected chi connectivity index (χ2v) is 9.22. The molecule has 0 bridgehead atoms. The Hall–Kier alpha value is 0.450. The molecule has 108 valence electrons. The number of rotatable bonds is 5. The van der Waals surface area contributed by atoms with Gasteiger partial charge in [-0.15, -0.1) is 22.9 Å². The van der Waals surface area contributed by atoms with Gasteiger partial charge in [0.1, 0.15) is 5.75 Å². The minimum Gasteiger partial charge on any atom is -0.492 e. The van der Waals surface area contributed by atoms with Gasteiger partial charge in [0.25, 0.3) is 0 Å². The zero-order valence-electron chi connectivity index (χ0n) is 10.6. The molecule has 20 heavy (non-hydrogen) atoms. The molecule has 0 fully saturated rings. The molecule has 0 saturated heterocycles. The fourth-order valence-electron chi connectivity index (χ4n) is 1.71. The summed E-state index contributed by atoms with van der Waals surface area (Å²) in [5, 5.41) is -0.191. The van der Waals surface area contributed by atoms with Gasteiger partial charge in [-0.2, -0.15) is 0 Å². The molecule has 0 aliphatic heterocycles. The van der Waals surface area contributed by atoms with E-state index in [0.717, 1.165) is 35.3 Å². The monoisotopic (exact) mass is 500 g/mol. The Labute approximate surface area is 153 Å². The predicted molar refractivity (Wildman–Crippen MR) is 97.3 cm³/mol. The Morgan fingerprint density at radius 2 is 2.00 bits per heavy atom. The van der Waals surface area contributed by atoms with Crippen molar-refractivity contribution in [1.29, 1.82) is 0 Å². The van der Waals surface area contributed by atoms with Crippen LogP contribution in [0.3, 0.4) is 0 Å². The Bertz CT molecular complexity index is 600. The van der Waals surface area contributed by atoms with Crippen molar-refractivity contribution in [3.8, 4) is 5.75 Å². The molecular formula is C14H12Br3ClOS. The summed E-state index contributed by atoms with van der Waals surface area (Å²) >= 11 is 18.8. The second kappa shape index (κ2) is 7.63. The molecule has 2 rings (SSSR count). The lowest BCUT2D eigenvalue weighted by Crippen LogP contribution is -1.97. The number of ether oxygens (including phenoxy) is 1. The van der Waals surface area contributed by atoms with Gasteiger partial charge in [0.2, 0.25) is 0 Å². The lowest BCUT2D eigenvalue weighted by atomic mass is 10.1. The quantitative estimate of drug-likeness (QED) is 0.394. The standard InChI is InChI=1S/C14H12Br3ClOS/c1-2-5-19-11-4-3-8(6-10(11)15)13(18)9-7-12(16)20-14(9)17/h3-4,6-7,13H,2,5H2,1H3. The molecule has 1 aromatic carbocycles. The van der Waals surface area contributed by atoms with E-state index in [9.17, 15) is 0 Å². The van der Waals surface area contributed by atoms with Crippen molar-refractivity contribution in [3.63, 3.8) is 0 Å². The van der Waals surface area contributed by atoms with E-state index < -0.39 is 0 Å². The summed E-state index contributed by atoms with van der Waals surface area (Å²) < 4.78 is 8.69. The maximum absolute atomic E-state index is 6.57. The first-order chi connectivity index (χ1) is 9.52. The third kappa shape index (κ3) is 4.01. The molecule has 1 atom stereocenters. The molecule has 0 saturated carbocycles. The molecule has 0 spiro atoms. The Kier molecular flexibility index (Phi) is 6.42. The van der Waals surface area contributed by atoms with E-state index in [-0.39, 0.29) is 5.38 Å². The molecule has 0 amide bonds. The average Bonchev–Trinajstić information content (AvgIpc) is 2.75. The highest BCUT2D eigenvalue weighted by atomic mass is 79.9.